The van der Waals surface area contributed by atoms with E-state index in [9.17, 15) is 13.2 Å². The van der Waals surface area contributed by atoms with Gasteiger partial charge in [-0.25, -0.2) is 4.98 Å². The first-order valence-electron chi connectivity index (χ1n) is 5.96. The predicted octanol–water partition coefficient (Wildman–Crippen LogP) is 3.57. The summed E-state index contributed by atoms with van der Waals surface area (Å²) in [4.78, 5) is 3.69. The summed E-state index contributed by atoms with van der Waals surface area (Å²) in [5, 5.41) is 11.7. The van der Waals surface area contributed by atoms with Gasteiger partial charge < -0.3 is 10.4 Å². The molecule has 0 aliphatic carbocycles. The second-order valence-corrected chi connectivity index (χ2v) is 4.63. The Morgan fingerprint density at radius 2 is 2.16 bits per heavy atom. The van der Waals surface area contributed by atoms with Gasteiger partial charge in [-0.1, -0.05) is 24.9 Å². The molecule has 1 heterocycles. The maximum absolute atomic E-state index is 12.4. The van der Waals surface area contributed by atoms with Crippen molar-refractivity contribution in [2.24, 2.45) is 5.92 Å². The number of aliphatic hydroxyl groups excluding tert-OH is 1. The summed E-state index contributed by atoms with van der Waals surface area (Å²) in [5.74, 6) is 0.455. The minimum absolute atomic E-state index is 0.0614. The Balaban J connectivity index is 2.70. The van der Waals surface area contributed by atoms with Gasteiger partial charge in [0.25, 0.3) is 0 Å². The highest BCUT2D eigenvalue weighted by Gasteiger charge is 2.31. The number of nitrogens with zero attached hydrogens (tertiary/aromatic N) is 1. The number of hydrogen-bond acceptors (Lipinski definition) is 3. The topological polar surface area (TPSA) is 45.1 Å². The molecule has 0 bridgehead atoms. The van der Waals surface area contributed by atoms with Crippen LogP contribution < -0.4 is 5.32 Å². The monoisotopic (exact) mass is 296 g/mol. The van der Waals surface area contributed by atoms with E-state index < -0.39 is 11.7 Å². The predicted molar refractivity (Wildman–Crippen MR) is 68.2 cm³/mol. The van der Waals surface area contributed by atoms with Gasteiger partial charge in [-0.15, -0.1) is 0 Å². The van der Waals surface area contributed by atoms with Crippen LogP contribution >= 0.6 is 11.6 Å². The highest BCUT2D eigenvalue weighted by atomic mass is 35.5. The van der Waals surface area contributed by atoms with Crippen molar-refractivity contribution in [3.63, 3.8) is 0 Å². The van der Waals surface area contributed by atoms with E-state index in [1.165, 1.54) is 0 Å². The van der Waals surface area contributed by atoms with Crippen molar-refractivity contribution in [1.29, 1.82) is 0 Å². The van der Waals surface area contributed by atoms with Crippen LogP contribution in [0.3, 0.4) is 0 Å². The lowest BCUT2D eigenvalue weighted by atomic mass is 10.0. The third-order valence-electron chi connectivity index (χ3n) is 2.84. The number of halogens is 4. The molecule has 1 rings (SSSR count). The first-order chi connectivity index (χ1) is 8.88. The molecule has 1 atom stereocenters. The summed E-state index contributed by atoms with van der Waals surface area (Å²) in [7, 11) is 0. The Morgan fingerprint density at radius 3 is 2.63 bits per heavy atom. The molecule has 2 N–H and O–H groups in total. The zero-order valence-electron chi connectivity index (χ0n) is 10.5. The molecule has 0 aliphatic rings. The molecular weight excluding hydrogens is 281 g/mol. The molecule has 3 nitrogen and oxygen atoms in total. The molecule has 19 heavy (non-hydrogen) atoms. The second-order valence-electron chi connectivity index (χ2n) is 4.22. The summed E-state index contributed by atoms with van der Waals surface area (Å²) in [6.45, 7) is 2.56. The van der Waals surface area contributed by atoms with Crippen LogP contribution in [0.2, 0.25) is 5.02 Å². The van der Waals surface area contributed by atoms with Gasteiger partial charge in [-0.05, 0) is 18.4 Å². The van der Waals surface area contributed by atoms with Crippen molar-refractivity contribution < 1.29 is 18.3 Å². The van der Waals surface area contributed by atoms with E-state index in [2.05, 4.69) is 10.3 Å². The van der Waals surface area contributed by atoms with E-state index in [0.717, 1.165) is 18.7 Å². The first-order valence-corrected chi connectivity index (χ1v) is 6.33. The quantitative estimate of drug-likeness (QED) is 0.843. The van der Waals surface area contributed by atoms with Crippen molar-refractivity contribution in [1.82, 2.24) is 4.98 Å². The van der Waals surface area contributed by atoms with Gasteiger partial charge in [-0.2, -0.15) is 13.2 Å². The van der Waals surface area contributed by atoms with Crippen molar-refractivity contribution in [2.45, 2.75) is 25.9 Å². The Bertz CT molecular complexity index is 412. The summed E-state index contributed by atoms with van der Waals surface area (Å²) < 4.78 is 37.3. The number of alkyl halides is 3. The van der Waals surface area contributed by atoms with Gasteiger partial charge in [0.2, 0.25) is 0 Å². The SMILES string of the molecule is CCC(CCO)CNc1ncc(C(F)(F)F)cc1Cl. The van der Waals surface area contributed by atoms with Crippen LogP contribution in [0.4, 0.5) is 19.0 Å². The van der Waals surface area contributed by atoms with Crippen LogP contribution in [-0.4, -0.2) is 23.2 Å². The molecule has 0 saturated carbocycles. The number of aliphatic hydroxyl groups is 1. The largest absolute Gasteiger partial charge is 0.417 e. The molecule has 1 aromatic heterocycles. The lowest BCUT2D eigenvalue weighted by molar-refractivity contribution is -0.137. The van der Waals surface area contributed by atoms with E-state index in [1.54, 1.807) is 0 Å². The lowest BCUT2D eigenvalue weighted by Gasteiger charge is -2.16. The summed E-state index contributed by atoms with van der Waals surface area (Å²) in [6.07, 6.45) is -2.22. The fourth-order valence-corrected chi connectivity index (χ4v) is 1.83. The standard InChI is InChI=1S/C12H16ClF3N2O/c1-2-8(3-4-19)6-17-11-10(13)5-9(7-18-11)12(14,15)16/h5,7-8,19H,2-4,6H2,1H3,(H,17,18). The van der Waals surface area contributed by atoms with Crippen molar-refractivity contribution in [3.8, 4) is 0 Å². The molecule has 1 unspecified atom stereocenters. The average molecular weight is 297 g/mol. The Hall–Kier alpha value is -1.01. The minimum Gasteiger partial charge on any atom is -0.396 e. The van der Waals surface area contributed by atoms with E-state index >= 15 is 0 Å². The Labute approximate surface area is 114 Å². The molecule has 7 heteroatoms. The summed E-state index contributed by atoms with van der Waals surface area (Å²) in [6, 6.07) is 0.851. The van der Waals surface area contributed by atoms with Crippen LogP contribution in [-0.2, 0) is 6.18 Å². The molecule has 0 aromatic carbocycles. The van der Waals surface area contributed by atoms with Crippen LogP contribution in [0.25, 0.3) is 0 Å². The number of rotatable bonds is 6. The van der Waals surface area contributed by atoms with Gasteiger partial charge in [0.05, 0.1) is 10.6 Å². The van der Waals surface area contributed by atoms with Crippen LogP contribution in [0.5, 0.6) is 0 Å². The van der Waals surface area contributed by atoms with E-state index in [0.29, 0.717) is 13.0 Å². The highest BCUT2D eigenvalue weighted by molar-refractivity contribution is 6.32. The van der Waals surface area contributed by atoms with Gasteiger partial charge in [0, 0.05) is 19.3 Å². The fourth-order valence-electron chi connectivity index (χ4n) is 1.60. The summed E-state index contributed by atoms with van der Waals surface area (Å²) >= 11 is 5.76. The molecule has 0 amide bonds. The Kier molecular flexibility index (Phi) is 5.87. The zero-order valence-corrected chi connectivity index (χ0v) is 11.2. The lowest BCUT2D eigenvalue weighted by Crippen LogP contribution is -2.16. The number of pyridine rings is 1. The molecule has 0 saturated heterocycles. The molecular formula is C12H16ClF3N2O. The smallest absolute Gasteiger partial charge is 0.396 e. The third-order valence-corrected chi connectivity index (χ3v) is 3.13. The van der Waals surface area contributed by atoms with Gasteiger partial charge in [0.1, 0.15) is 5.82 Å². The fraction of sp³-hybridized carbons (Fsp3) is 0.583. The summed E-state index contributed by atoms with van der Waals surface area (Å²) in [5.41, 5.74) is -0.870. The second kappa shape index (κ2) is 6.96. The van der Waals surface area contributed by atoms with Crippen LogP contribution in [0, 0.1) is 5.92 Å². The normalized spacial score (nSPS) is 13.4. The molecule has 0 aliphatic heterocycles. The third kappa shape index (κ3) is 4.87. The molecule has 0 radical (unpaired) electrons. The van der Waals surface area contributed by atoms with E-state index in [1.807, 2.05) is 6.92 Å². The average Bonchev–Trinajstić information content (AvgIpc) is 2.34. The number of anilines is 1. The number of aromatic nitrogens is 1. The maximum atomic E-state index is 12.4. The zero-order chi connectivity index (χ0) is 14.5. The van der Waals surface area contributed by atoms with Crippen molar-refractivity contribution in [3.05, 3.63) is 22.8 Å². The van der Waals surface area contributed by atoms with Gasteiger partial charge >= 0.3 is 6.18 Å². The van der Waals surface area contributed by atoms with Crippen LogP contribution in [0.15, 0.2) is 12.3 Å². The van der Waals surface area contributed by atoms with E-state index in [4.69, 9.17) is 16.7 Å². The van der Waals surface area contributed by atoms with Crippen LogP contribution in [0.1, 0.15) is 25.3 Å². The Morgan fingerprint density at radius 1 is 1.47 bits per heavy atom. The number of hydrogen-bond donors (Lipinski definition) is 2. The van der Waals surface area contributed by atoms with Gasteiger partial charge in [-0.3, -0.25) is 0 Å². The maximum Gasteiger partial charge on any atom is 0.417 e. The first kappa shape index (κ1) is 16.0. The molecule has 0 spiro atoms. The van der Waals surface area contributed by atoms with Crippen molar-refractivity contribution in [2.75, 3.05) is 18.5 Å². The van der Waals surface area contributed by atoms with E-state index in [-0.39, 0.29) is 23.4 Å². The highest BCUT2D eigenvalue weighted by Crippen LogP contribution is 2.32. The molecule has 108 valence electrons. The molecule has 0 fully saturated rings. The minimum atomic E-state index is -4.45. The molecule has 1 aromatic rings. The van der Waals surface area contributed by atoms with Crippen molar-refractivity contribution >= 4 is 17.4 Å². The van der Waals surface area contributed by atoms with Gasteiger partial charge in [0.15, 0.2) is 0 Å². The number of nitrogens with one attached hydrogen (secondary N) is 1.